The molecule has 8 heteroatoms. The summed E-state index contributed by atoms with van der Waals surface area (Å²) < 4.78 is 0. The van der Waals surface area contributed by atoms with Crippen LogP contribution in [-0.2, 0) is 0 Å². The SMILES string of the molecule is O=C1C(N/N=C/c2cccc(/C=N/NC3=Nc4ccccc4C3=O)c2)=Nc2ccccc21. The van der Waals surface area contributed by atoms with Crippen LogP contribution in [0.5, 0.6) is 0 Å². The fourth-order valence-electron chi connectivity index (χ4n) is 3.33. The maximum absolute atomic E-state index is 12.3. The Morgan fingerprint density at radius 2 is 1.09 bits per heavy atom. The van der Waals surface area contributed by atoms with E-state index in [4.69, 9.17) is 0 Å². The number of hydrogen-bond acceptors (Lipinski definition) is 8. The van der Waals surface area contributed by atoms with Gasteiger partial charge in [0.25, 0.3) is 0 Å². The molecule has 0 amide bonds. The molecule has 3 aromatic rings. The van der Waals surface area contributed by atoms with Gasteiger partial charge >= 0.3 is 0 Å². The van der Waals surface area contributed by atoms with Crippen molar-refractivity contribution in [1.29, 1.82) is 0 Å². The molecule has 154 valence electrons. The van der Waals surface area contributed by atoms with E-state index in [9.17, 15) is 9.59 Å². The summed E-state index contributed by atoms with van der Waals surface area (Å²) in [5.74, 6) is 0.00667. The summed E-state index contributed by atoms with van der Waals surface area (Å²) >= 11 is 0. The molecular weight excluding hydrogens is 404 g/mol. The van der Waals surface area contributed by atoms with Crippen molar-refractivity contribution in [2.24, 2.45) is 20.2 Å². The van der Waals surface area contributed by atoms with Gasteiger partial charge in [-0.25, -0.2) is 9.98 Å². The van der Waals surface area contributed by atoms with Gasteiger partial charge in [-0.15, -0.1) is 0 Å². The van der Waals surface area contributed by atoms with Crippen LogP contribution in [0.25, 0.3) is 0 Å². The molecule has 0 saturated heterocycles. The first-order valence-corrected chi connectivity index (χ1v) is 9.82. The van der Waals surface area contributed by atoms with Gasteiger partial charge < -0.3 is 0 Å². The van der Waals surface area contributed by atoms with Crippen LogP contribution in [0, 0.1) is 0 Å². The topological polar surface area (TPSA) is 108 Å². The molecule has 0 fully saturated rings. The van der Waals surface area contributed by atoms with Crippen molar-refractivity contribution in [3.8, 4) is 0 Å². The Morgan fingerprint density at radius 3 is 1.56 bits per heavy atom. The molecule has 2 heterocycles. The first-order chi connectivity index (χ1) is 15.7. The molecule has 0 radical (unpaired) electrons. The van der Waals surface area contributed by atoms with Crippen molar-refractivity contribution < 1.29 is 9.59 Å². The van der Waals surface area contributed by atoms with Crippen LogP contribution in [0.4, 0.5) is 11.4 Å². The molecule has 2 N–H and O–H groups in total. The van der Waals surface area contributed by atoms with Gasteiger partial charge in [0.2, 0.25) is 11.6 Å². The van der Waals surface area contributed by atoms with E-state index >= 15 is 0 Å². The van der Waals surface area contributed by atoms with E-state index in [1.165, 1.54) is 0 Å². The lowest BCUT2D eigenvalue weighted by molar-refractivity contribution is 0.105. The van der Waals surface area contributed by atoms with Crippen molar-refractivity contribution in [2.75, 3.05) is 0 Å². The van der Waals surface area contributed by atoms with Gasteiger partial charge in [0.1, 0.15) is 0 Å². The summed E-state index contributed by atoms with van der Waals surface area (Å²) in [6, 6.07) is 21.7. The first kappa shape index (κ1) is 19.3. The van der Waals surface area contributed by atoms with E-state index in [2.05, 4.69) is 31.0 Å². The van der Waals surface area contributed by atoms with Gasteiger partial charge in [-0.05, 0) is 41.5 Å². The predicted octanol–water partition coefficient (Wildman–Crippen LogP) is 3.39. The lowest BCUT2D eigenvalue weighted by Crippen LogP contribution is -2.24. The van der Waals surface area contributed by atoms with Crippen molar-refractivity contribution in [3.63, 3.8) is 0 Å². The van der Waals surface area contributed by atoms with E-state index in [-0.39, 0.29) is 23.2 Å². The van der Waals surface area contributed by atoms with Gasteiger partial charge in [-0.2, -0.15) is 10.2 Å². The highest BCUT2D eigenvalue weighted by atomic mass is 16.1. The standard InChI is InChI=1S/C24H16N6O2/c31-21-17-8-1-3-10-19(17)27-23(21)29-25-13-15-6-5-7-16(12-15)14-26-30-24-22(32)18-9-2-4-11-20(18)28-24/h1-14H,(H,27,29,31)(H,28,30,32)/b25-13+,26-14+. The number of aliphatic imine (C=N–C) groups is 2. The number of rotatable bonds is 4. The summed E-state index contributed by atoms with van der Waals surface area (Å²) in [6.07, 6.45) is 3.18. The normalized spacial score (nSPS) is 14.5. The summed E-state index contributed by atoms with van der Waals surface area (Å²) in [5.41, 5.74) is 9.40. The number of para-hydroxylation sites is 2. The van der Waals surface area contributed by atoms with Crippen LogP contribution in [0.1, 0.15) is 31.8 Å². The molecule has 2 aliphatic rings. The van der Waals surface area contributed by atoms with Gasteiger partial charge in [-0.3, -0.25) is 20.4 Å². The van der Waals surface area contributed by atoms with E-state index in [0.29, 0.717) is 22.5 Å². The van der Waals surface area contributed by atoms with E-state index < -0.39 is 0 Å². The number of hydrogen-bond donors (Lipinski definition) is 2. The number of Topliss-reactive ketones (excluding diaryl/α,β-unsaturated/α-hetero) is 2. The largest absolute Gasteiger partial charge is 0.285 e. The third-order valence-corrected chi connectivity index (χ3v) is 4.87. The van der Waals surface area contributed by atoms with Crippen LogP contribution in [0.15, 0.2) is 93.0 Å². The molecule has 0 unspecified atom stereocenters. The van der Waals surface area contributed by atoms with Crippen molar-refractivity contribution in [1.82, 2.24) is 10.9 Å². The first-order valence-electron chi connectivity index (χ1n) is 9.82. The second-order valence-corrected chi connectivity index (χ2v) is 7.02. The monoisotopic (exact) mass is 420 g/mol. The smallest absolute Gasteiger partial charge is 0.231 e. The highest BCUT2D eigenvalue weighted by Crippen LogP contribution is 2.26. The Labute approximate surface area is 183 Å². The maximum Gasteiger partial charge on any atom is 0.231 e. The Morgan fingerprint density at radius 1 is 0.625 bits per heavy atom. The Balaban J connectivity index is 1.21. The second-order valence-electron chi connectivity index (χ2n) is 7.02. The maximum atomic E-state index is 12.3. The van der Waals surface area contributed by atoms with Crippen LogP contribution < -0.4 is 10.9 Å². The van der Waals surface area contributed by atoms with Crippen LogP contribution in [0.2, 0.25) is 0 Å². The number of carbonyl (C=O) groups is 2. The zero-order chi connectivity index (χ0) is 21.9. The van der Waals surface area contributed by atoms with Crippen LogP contribution >= 0.6 is 0 Å². The minimum atomic E-state index is -0.184. The molecule has 5 rings (SSSR count). The Kier molecular flexibility index (Phi) is 4.93. The minimum absolute atomic E-state index is 0.184. The number of ketones is 2. The highest BCUT2D eigenvalue weighted by Gasteiger charge is 2.24. The quantitative estimate of drug-likeness (QED) is 0.498. The third-order valence-electron chi connectivity index (χ3n) is 4.87. The third kappa shape index (κ3) is 3.72. The molecule has 2 aliphatic heterocycles. The predicted molar refractivity (Wildman–Crippen MR) is 124 cm³/mol. The highest BCUT2D eigenvalue weighted by molar-refractivity contribution is 6.49. The van der Waals surface area contributed by atoms with Gasteiger partial charge in [0.15, 0.2) is 11.7 Å². The average molecular weight is 420 g/mol. The molecule has 0 spiro atoms. The van der Waals surface area contributed by atoms with Crippen molar-refractivity contribution in [3.05, 3.63) is 95.1 Å². The summed E-state index contributed by atoms with van der Waals surface area (Å²) in [4.78, 5) is 33.1. The molecule has 8 nitrogen and oxygen atoms in total. The number of fused-ring (bicyclic) bond motifs is 2. The summed E-state index contributed by atoms with van der Waals surface area (Å²) in [5, 5.41) is 8.25. The fraction of sp³-hybridized carbons (Fsp3) is 0. The summed E-state index contributed by atoms with van der Waals surface area (Å²) in [6.45, 7) is 0. The van der Waals surface area contributed by atoms with Crippen LogP contribution in [0.3, 0.4) is 0 Å². The Hall–Kier alpha value is -4.72. The van der Waals surface area contributed by atoms with E-state index in [1.807, 2.05) is 36.4 Å². The molecule has 0 atom stereocenters. The molecule has 3 aromatic carbocycles. The molecule has 0 bridgehead atoms. The molecule has 0 aromatic heterocycles. The zero-order valence-electron chi connectivity index (χ0n) is 16.7. The zero-order valence-corrected chi connectivity index (χ0v) is 16.7. The van der Waals surface area contributed by atoms with E-state index in [0.717, 1.165) is 11.1 Å². The number of carbonyl (C=O) groups excluding carboxylic acids is 2. The average Bonchev–Trinajstić information content (AvgIpc) is 3.31. The lowest BCUT2D eigenvalue weighted by Gasteiger charge is -1.99. The molecule has 32 heavy (non-hydrogen) atoms. The second kappa shape index (κ2) is 8.19. The number of amidine groups is 2. The number of benzene rings is 3. The number of hydrazone groups is 2. The van der Waals surface area contributed by atoms with Crippen molar-refractivity contribution in [2.45, 2.75) is 0 Å². The molecule has 0 aliphatic carbocycles. The molecule has 0 saturated carbocycles. The summed E-state index contributed by atoms with van der Waals surface area (Å²) in [7, 11) is 0. The van der Waals surface area contributed by atoms with E-state index in [1.54, 1.807) is 48.8 Å². The van der Waals surface area contributed by atoms with Gasteiger partial charge in [0.05, 0.1) is 34.9 Å². The lowest BCUT2D eigenvalue weighted by atomic mass is 10.1. The van der Waals surface area contributed by atoms with Gasteiger partial charge in [-0.1, -0.05) is 42.5 Å². The minimum Gasteiger partial charge on any atom is -0.285 e. The van der Waals surface area contributed by atoms with Crippen molar-refractivity contribution >= 4 is 47.0 Å². The number of nitrogens with one attached hydrogen (secondary N) is 2. The number of nitrogens with zero attached hydrogens (tertiary/aromatic N) is 4. The van der Waals surface area contributed by atoms with Crippen LogP contribution in [-0.4, -0.2) is 35.7 Å². The Bertz CT molecular complexity index is 1270. The fourth-order valence-corrected chi connectivity index (χ4v) is 3.33. The molecular formula is C24H16N6O2. The van der Waals surface area contributed by atoms with Gasteiger partial charge in [0, 0.05) is 0 Å².